The molecular weight excluding hydrogens is 346 g/mol. The lowest BCUT2D eigenvalue weighted by Gasteiger charge is -2.02. The summed E-state index contributed by atoms with van der Waals surface area (Å²) in [5.74, 6) is -2.38. The first-order chi connectivity index (χ1) is 9.31. The van der Waals surface area contributed by atoms with Crippen molar-refractivity contribution in [3.8, 4) is 6.07 Å². The van der Waals surface area contributed by atoms with Crippen LogP contribution >= 0.6 is 15.9 Å². The highest BCUT2D eigenvalue weighted by Crippen LogP contribution is 2.63. The van der Waals surface area contributed by atoms with E-state index in [2.05, 4.69) is 15.9 Å². The van der Waals surface area contributed by atoms with Gasteiger partial charge in [0.05, 0.1) is 6.07 Å². The van der Waals surface area contributed by atoms with Gasteiger partial charge in [0.2, 0.25) is 0 Å². The van der Waals surface area contributed by atoms with E-state index >= 15 is 0 Å². The summed E-state index contributed by atoms with van der Waals surface area (Å²) in [4.78, 5) is 11.4. The molecule has 2 rings (SSSR count). The van der Waals surface area contributed by atoms with Gasteiger partial charge in [-0.05, 0) is 17.7 Å². The topological polar surface area (TPSA) is 95.2 Å². The smallest absolute Gasteiger partial charge is 0.326 e. The monoisotopic (exact) mass is 357 g/mol. The molecule has 1 saturated carbocycles. The lowest BCUT2D eigenvalue weighted by molar-refractivity contribution is -0.141. The van der Waals surface area contributed by atoms with Crippen molar-refractivity contribution in [1.29, 1.82) is 5.26 Å². The molecule has 0 saturated heterocycles. The highest BCUT2D eigenvalue weighted by molar-refractivity contribution is 9.10. The molecule has 1 aromatic carbocycles. The number of rotatable bonds is 4. The molecule has 1 fully saturated rings. The Morgan fingerprint density at radius 2 is 2.00 bits per heavy atom. The normalized spacial score (nSPS) is 28.6. The maximum atomic E-state index is 12.1. The van der Waals surface area contributed by atoms with Crippen molar-refractivity contribution in [2.45, 2.75) is 18.1 Å². The molecule has 0 aromatic heterocycles. The van der Waals surface area contributed by atoms with Gasteiger partial charge in [-0.15, -0.1) is 0 Å². The maximum Gasteiger partial charge on any atom is 0.326 e. The summed E-state index contributed by atoms with van der Waals surface area (Å²) in [6.07, 6.45) is 0. The van der Waals surface area contributed by atoms with Crippen LogP contribution in [0.1, 0.15) is 18.4 Å². The Bertz CT molecular complexity index is 692. The van der Waals surface area contributed by atoms with Gasteiger partial charge >= 0.3 is 5.97 Å². The molecule has 3 atom stereocenters. The minimum atomic E-state index is -3.61. The number of nitriles is 1. The van der Waals surface area contributed by atoms with Crippen LogP contribution in [0.5, 0.6) is 0 Å². The first-order valence-electron chi connectivity index (χ1n) is 5.93. The van der Waals surface area contributed by atoms with Crippen LogP contribution in [-0.4, -0.2) is 30.5 Å². The van der Waals surface area contributed by atoms with Gasteiger partial charge in [-0.3, -0.25) is 4.79 Å². The molecule has 0 aliphatic heterocycles. The van der Waals surface area contributed by atoms with Crippen LogP contribution in [0.4, 0.5) is 0 Å². The zero-order valence-electron chi connectivity index (χ0n) is 10.6. The van der Waals surface area contributed by atoms with E-state index in [1.54, 1.807) is 30.3 Å². The van der Waals surface area contributed by atoms with Crippen molar-refractivity contribution in [2.24, 2.45) is 5.41 Å². The number of carboxylic acid groups (broad SMARTS) is 1. The number of aliphatic carboxylic acids is 1. The van der Waals surface area contributed by atoms with Crippen molar-refractivity contribution in [3.63, 3.8) is 0 Å². The molecule has 1 aromatic rings. The molecule has 106 valence electrons. The fourth-order valence-corrected chi connectivity index (χ4v) is 4.77. The average Bonchev–Trinajstić information content (AvgIpc) is 3.11. The lowest BCUT2D eigenvalue weighted by atomic mass is 10.0. The van der Waals surface area contributed by atoms with Crippen LogP contribution in [-0.2, 0) is 14.6 Å². The minimum absolute atomic E-state index is 0.179. The predicted octanol–water partition coefficient (Wildman–Crippen LogP) is 1.94. The Balaban J connectivity index is 2.54. The average molecular weight is 358 g/mol. The second-order valence-corrected chi connectivity index (χ2v) is 8.01. The summed E-state index contributed by atoms with van der Waals surface area (Å²) in [6, 6.07) is 8.41. The highest BCUT2D eigenvalue weighted by atomic mass is 79.9. The second-order valence-electron chi connectivity index (χ2n) is 4.69. The van der Waals surface area contributed by atoms with Gasteiger partial charge in [-0.2, -0.15) is 5.26 Å². The van der Waals surface area contributed by atoms with Gasteiger partial charge in [0, 0.05) is 16.1 Å². The molecule has 7 heteroatoms. The molecule has 1 aliphatic rings. The van der Waals surface area contributed by atoms with Crippen LogP contribution in [0.25, 0.3) is 0 Å². The first kappa shape index (κ1) is 15.0. The number of sulfone groups is 1. The van der Waals surface area contributed by atoms with Gasteiger partial charge in [-0.25, -0.2) is 8.42 Å². The Kier molecular flexibility index (Phi) is 3.65. The minimum Gasteiger partial charge on any atom is -0.480 e. The molecule has 0 amide bonds. The molecule has 0 heterocycles. The molecule has 0 radical (unpaired) electrons. The fourth-order valence-electron chi connectivity index (χ4n) is 2.57. The molecule has 0 spiro atoms. The standard InChI is InChI=1S/C13H12BrNO4S/c1-2-20(18,19)11-10(13(11,7-15)12(16)17)8-3-5-9(14)6-4-8/h3-6,10-11H,2H2,1H3,(H,16,17)/t10-,11-,13-/m1/s1. The number of hydrogen-bond donors (Lipinski definition) is 1. The van der Waals surface area contributed by atoms with E-state index in [1.165, 1.54) is 6.92 Å². The van der Waals surface area contributed by atoms with E-state index < -0.39 is 32.4 Å². The summed E-state index contributed by atoms with van der Waals surface area (Å²) >= 11 is 3.26. The second kappa shape index (κ2) is 4.86. The van der Waals surface area contributed by atoms with Gasteiger partial charge in [0.25, 0.3) is 0 Å². The molecular formula is C13H12BrNO4S. The van der Waals surface area contributed by atoms with Crippen molar-refractivity contribution in [3.05, 3.63) is 34.3 Å². The van der Waals surface area contributed by atoms with E-state index in [0.717, 1.165) is 4.47 Å². The molecule has 20 heavy (non-hydrogen) atoms. The van der Waals surface area contributed by atoms with Crippen LogP contribution in [0, 0.1) is 16.7 Å². The van der Waals surface area contributed by atoms with Crippen LogP contribution in [0.3, 0.4) is 0 Å². The summed E-state index contributed by atoms with van der Waals surface area (Å²) < 4.78 is 24.9. The Hall–Kier alpha value is -1.39. The Morgan fingerprint density at radius 1 is 1.45 bits per heavy atom. The first-order valence-corrected chi connectivity index (χ1v) is 8.43. The number of benzene rings is 1. The summed E-state index contributed by atoms with van der Waals surface area (Å²) in [5.41, 5.74) is -1.32. The van der Waals surface area contributed by atoms with Gasteiger partial charge in [0.1, 0.15) is 5.25 Å². The zero-order chi connectivity index (χ0) is 15.1. The van der Waals surface area contributed by atoms with Gasteiger partial charge < -0.3 is 5.11 Å². The summed E-state index contributed by atoms with van der Waals surface area (Å²) in [5, 5.41) is 17.4. The fraction of sp³-hybridized carbons (Fsp3) is 0.385. The lowest BCUT2D eigenvalue weighted by Crippen LogP contribution is -2.23. The molecule has 1 N–H and O–H groups in total. The van der Waals surface area contributed by atoms with E-state index in [1.807, 2.05) is 0 Å². The van der Waals surface area contributed by atoms with Gasteiger partial charge in [-0.1, -0.05) is 35.0 Å². The molecule has 0 unspecified atom stereocenters. The summed E-state index contributed by atoms with van der Waals surface area (Å²) in [7, 11) is -3.61. The molecule has 5 nitrogen and oxygen atoms in total. The van der Waals surface area contributed by atoms with E-state index in [4.69, 9.17) is 0 Å². The number of halogens is 1. The van der Waals surface area contributed by atoms with Crippen LogP contribution in [0.2, 0.25) is 0 Å². The van der Waals surface area contributed by atoms with Crippen molar-refractivity contribution >= 4 is 31.7 Å². The van der Waals surface area contributed by atoms with Crippen molar-refractivity contribution in [2.75, 3.05) is 5.75 Å². The zero-order valence-corrected chi connectivity index (χ0v) is 13.0. The van der Waals surface area contributed by atoms with E-state index in [-0.39, 0.29) is 5.75 Å². The molecule has 1 aliphatic carbocycles. The quantitative estimate of drug-likeness (QED) is 0.888. The maximum absolute atomic E-state index is 12.1. The third kappa shape index (κ3) is 2.03. The Labute approximate surface area is 125 Å². The predicted molar refractivity (Wildman–Crippen MR) is 75.8 cm³/mol. The number of nitrogens with zero attached hydrogens (tertiary/aromatic N) is 1. The highest BCUT2D eigenvalue weighted by Gasteiger charge is 2.76. The third-order valence-electron chi connectivity index (χ3n) is 3.69. The van der Waals surface area contributed by atoms with Crippen molar-refractivity contribution < 1.29 is 18.3 Å². The number of carbonyl (C=O) groups is 1. The van der Waals surface area contributed by atoms with E-state index in [0.29, 0.717) is 5.56 Å². The van der Waals surface area contributed by atoms with Crippen molar-refractivity contribution in [1.82, 2.24) is 0 Å². The number of carboxylic acids is 1. The largest absolute Gasteiger partial charge is 0.480 e. The SMILES string of the molecule is CCS(=O)(=O)[C@@H]1[C@@H](c2ccc(Br)cc2)[C@@]1(C#N)C(=O)O. The van der Waals surface area contributed by atoms with E-state index in [9.17, 15) is 23.6 Å². The Morgan fingerprint density at radius 3 is 2.40 bits per heavy atom. The summed E-state index contributed by atoms with van der Waals surface area (Å²) in [6.45, 7) is 1.45. The number of hydrogen-bond acceptors (Lipinski definition) is 4. The van der Waals surface area contributed by atoms with Crippen LogP contribution < -0.4 is 0 Å². The molecule has 0 bridgehead atoms. The third-order valence-corrected chi connectivity index (χ3v) is 6.44. The van der Waals surface area contributed by atoms with Crippen LogP contribution in [0.15, 0.2) is 28.7 Å². The van der Waals surface area contributed by atoms with Gasteiger partial charge in [0.15, 0.2) is 15.3 Å².